The second-order valence-electron chi connectivity index (χ2n) is 7.02. The van der Waals surface area contributed by atoms with E-state index in [-0.39, 0.29) is 18.0 Å². The molecular weight excluding hydrogens is 336 g/mol. The molecule has 4 heteroatoms. The van der Waals surface area contributed by atoms with E-state index in [1.807, 2.05) is 77.8 Å². The van der Waals surface area contributed by atoms with E-state index in [1.54, 1.807) is 0 Å². The molecule has 0 bridgehead atoms. The van der Waals surface area contributed by atoms with Gasteiger partial charge < -0.3 is 4.74 Å². The Morgan fingerprint density at radius 1 is 0.815 bits per heavy atom. The maximum absolute atomic E-state index is 12.7. The van der Waals surface area contributed by atoms with Crippen LogP contribution in [0.25, 0.3) is 0 Å². The predicted octanol–water partition coefficient (Wildman–Crippen LogP) is 3.96. The lowest BCUT2D eigenvalue weighted by molar-refractivity contribution is -0.142. The van der Waals surface area contributed by atoms with Crippen molar-refractivity contribution in [2.75, 3.05) is 5.01 Å². The van der Waals surface area contributed by atoms with Crippen LogP contribution in [0, 0.1) is 0 Å². The second-order valence-corrected chi connectivity index (χ2v) is 7.02. The van der Waals surface area contributed by atoms with Crippen LogP contribution >= 0.6 is 0 Å². The molecule has 0 radical (unpaired) electrons. The van der Waals surface area contributed by atoms with Gasteiger partial charge in [0.2, 0.25) is 0 Å². The van der Waals surface area contributed by atoms with E-state index < -0.39 is 6.04 Å². The highest BCUT2D eigenvalue weighted by Gasteiger charge is 2.50. The first-order valence-electron chi connectivity index (χ1n) is 9.26. The topological polar surface area (TPSA) is 41.6 Å². The maximum Gasteiger partial charge on any atom is 0.326 e. The Kier molecular flexibility index (Phi) is 3.91. The molecule has 1 heterocycles. The van der Waals surface area contributed by atoms with Crippen LogP contribution in [0.5, 0.6) is 0 Å². The molecular formula is C23H20N2O2. The number of nitrogens with zero attached hydrogens (tertiary/aromatic N) is 1. The van der Waals surface area contributed by atoms with Crippen molar-refractivity contribution in [3.63, 3.8) is 0 Å². The molecule has 4 nitrogen and oxygen atoms in total. The summed E-state index contributed by atoms with van der Waals surface area (Å²) in [5.41, 5.74) is 7.92. The zero-order chi connectivity index (χ0) is 18.2. The van der Waals surface area contributed by atoms with Crippen LogP contribution in [0.1, 0.15) is 17.0 Å². The lowest BCUT2D eigenvalue weighted by Gasteiger charge is -2.29. The third-order valence-corrected chi connectivity index (χ3v) is 5.41. The van der Waals surface area contributed by atoms with Gasteiger partial charge in [0, 0.05) is 12.3 Å². The van der Waals surface area contributed by atoms with Crippen molar-refractivity contribution in [2.45, 2.75) is 24.5 Å². The first-order chi connectivity index (χ1) is 13.3. The first-order valence-corrected chi connectivity index (χ1v) is 9.26. The van der Waals surface area contributed by atoms with Crippen molar-refractivity contribution < 1.29 is 9.53 Å². The molecule has 0 aromatic heterocycles. The van der Waals surface area contributed by atoms with Crippen molar-refractivity contribution in [1.29, 1.82) is 0 Å². The zero-order valence-corrected chi connectivity index (χ0v) is 14.8. The number of carbonyl (C=O) groups excluding carboxylic acids is 1. The molecule has 0 spiro atoms. The van der Waals surface area contributed by atoms with Crippen LogP contribution in [0.3, 0.4) is 0 Å². The molecule has 1 fully saturated rings. The van der Waals surface area contributed by atoms with Crippen molar-refractivity contribution in [3.8, 4) is 0 Å². The fourth-order valence-corrected chi connectivity index (χ4v) is 4.19. The Balaban J connectivity index is 1.52. The lowest BCUT2D eigenvalue weighted by atomic mass is 9.94. The Hall–Kier alpha value is -3.11. The number of para-hydroxylation sites is 2. The highest BCUT2D eigenvalue weighted by molar-refractivity contribution is 5.82. The van der Waals surface area contributed by atoms with Crippen LogP contribution < -0.4 is 10.4 Å². The zero-order valence-electron chi connectivity index (χ0n) is 14.8. The number of rotatable bonds is 4. The molecule has 1 saturated heterocycles. The van der Waals surface area contributed by atoms with E-state index >= 15 is 0 Å². The van der Waals surface area contributed by atoms with Gasteiger partial charge in [-0.3, -0.25) is 9.80 Å². The van der Waals surface area contributed by atoms with Gasteiger partial charge in [-0.2, -0.15) is 0 Å². The summed E-state index contributed by atoms with van der Waals surface area (Å²) in [6.45, 7) is 0. The molecule has 3 aromatic carbocycles. The fourth-order valence-electron chi connectivity index (χ4n) is 4.19. The smallest absolute Gasteiger partial charge is 0.326 e. The first kappa shape index (κ1) is 16.1. The van der Waals surface area contributed by atoms with E-state index in [9.17, 15) is 4.79 Å². The number of hydrogen-bond acceptors (Lipinski definition) is 4. The van der Waals surface area contributed by atoms with E-state index in [4.69, 9.17) is 4.74 Å². The molecule has 5 rings (SSSR count). The third-order valence-electron chi connectivity index (χ3n) is 5.41. The molecule has 1 N–H and O–H groups in total. The number of fused-ring (bicyclic) bond motifs is 3. The average Bonchev–Trinajstić information content (AvgIpc) is 3.22. The SMILES string of the molecule is O=C1O[C@@H]2Cc3ccccc3[C@@H]2[C@H]1NN(c1ccccc1)c1ccccc1. The van der Waals surface area contributed by atoms with Gasteiger partial charge in [-0.05, 0) is 35.4 Å². The van der Waals surface area contributed by atoms with Gasteiger partial charge in [-0.15, -0.1) is 0 Å². The van der Waals surface area contributed by atoms with E-state index in [1.165, 1.54) is 11.1 Å². The van der Waals surface area contributed by atoms with Gasteiger partial charge in [0.25, 0.3) is 0 Å². The Morgan fingerprint density at radius 3 is 2.07 bits per heavy atom. The van der Waals surface area contributed by atoms with Crippen LogP contribution in [-0.4, -0.2) is 18.1 Å². The van der Waals surface area contributed by atoms with Crippen LogP contribution in [-0.2, 0) is 16.0 Å². The molecule has 1 aliphatic carbocycles. The minimum Gasteiger partial charge on any atom is -0.460 e. The van der Waals surface area contributed by atoms with Crippen LogP contribution in [0.2, 0.25) is 0 Å². The van der Waals surface area contributed by atoms with Crippen molar-refractivity contribution in [3.05, 3.63) is 96.1 Å². The lowest BCUT2D eigenvalue weighted by Crippen LogP contribution is -2.47. The van der Waals surface area contributed by atoms with Crippen molar-refractivity contribution in [2.24, 2.45) is 0 Å². The number of carbonyl (C=O) groups is 1. The molecule has 3 atom stereocenters. The van der Waals surface area contributed by atoms with Crippen molar-refractivity contribution >= 4 is 17.3 Å². The fraction of sp³-hybridized carbons (Fsp3) is 0.174. The number of hydrogen-bond donors (Lipinski definition) is 1. The van der Waals surface area contributed by atoms with E-state index in [2.05, 4.69) is 17.6 Å². The molecule has 1 aliphatic heterocycles. The van der Waals surface area contributed by atoms with Gasteiger partial charge in [-0.1, -0.05) is 60.7 Å². The monoisotopic (exact) mass is 356 g/mol. The molecule has 2 aliphatic rings. The normalized spacial score (nSPS) is 22.8. The maximum atomic E-state index is 12.7. The summed E-state index contributed by atoms with van der Waals surface area (Å²) in [6, 6.07) is 28.0. The Morgan fingerprint density at radius 2 is 1.41 bits per heavy atom. The molecule has 0 unspecified atom stereocenters. The Bertz CT molecular complexity index is 919. The second kappa shape index (κ2) is 6.56. The highest BCUT2D eigenvalue weighted by Crippen LogP contribution is 2.42. The number of anilines is 2. The number of benzene rings is 3. The quantitative estimate of drug-likeness (QED) is 0.567. The van der Waals surface area contributed by atoms with Gasteiger partial charge in [-0.25, -0.2) is 5.43 Å². The van der Waals surface area contributed by atoms with Gasteiger partial charge in [0.05, 0.1) is 11.4 Å². The van der Waals surface area contributed by atoms with Gasteiger partial charge >= 0.3 is 5.97 Å². The molecule has 27 heavy (non-hydrogen) atoms. The summed E-state index contributed by atoms with van der Waals surface area (Å²) < 4.78 is 5.72. The molecule has 0 saturated carbocycles. The summed E-state index contributed by atoms with van der Waals surface area (Å²) in [5.74, 6) is -0.153. The predicted molar refractivity (Wildman–Crippen MR) is 105 cm³/mol. The average molecular weight is 356 g/mol. The number of esters is 1. The van der Waals surface area contributed by atoms with Crippen LogP contribution in [0.4, 0.5) is 11.4 Å². The number of hydrazine groups is 1. The number of ether oxygens (including phenoxy) is 1. The molecule has 134 valence electrons. The minimum absolute atomic E-state index is 0.0311. The molecule has 0 amide bonds. The van der Waals surface area contributed by atoms with Gasteiger partial charge in [0.15, 0.2) is 0 Å². The largest absolute Gasteiger partial charge is 0.460 e. The third kappa shape index (κ3) is 2.78. The summed E-state index contributed by atoms with van der Waals surface area (Å²) in [7, 11) is 0. The minimum atomic E-state index is -0.418. The Labute approximate surface area is 158 Å². The van der Waals surface area contributed by atoms with Gasteiger partial charge in [0.1, 0.15) is 12.1 Å². The highest BCUT2D eigenvalue weighted by atomic mass is 16.6. The van der Waals surface area contributed by atoms with E-state index in [0.717, 1.165) is 17.8 Å². The summed E-state index contributed by atoms with van der Waals surface area (Å²) >= 11 is 0. The summed E-state index contributed by atoms with van der Waals surface area (Å²) in [5, 5.41) is 1.98. The summed E-state index contributed by atoms with van der Waals surface area (Å²) in [4.78, 5) is 12.7. The number of nitrogens with one attached hydrogen (secondary N) is 1. The van der Waals surface area contributed by atoms with E-state index in [0.29, 0.717) is 0 Å². The summed E-state index contributed by atoms with van der Waals surface area (Å²) in [6.07, 6.45) is 0.710. The van der Waals surface area contributed by atoms with Crippen molar-refractivity contribution in [1.82, 2.24) is 5.43 Å². The standard InChI is InChI=1S/C23H20N2O2/c26-23-22(21-19-14-8-7-9-16(19)15-20(21)27-23)24-25(17-10-3-1-4-11-17)18-12-5-2-6-13-18/h1-14,20-22,24H,15H2/t20-,21+,22-/m1/s1. The molecule has 3 aromatic rings. The van der Waals surface area contributed by atoms with Crippen LogP contribution in [0.15, 0.2) is 84.9 Å².